The van der Waals surface area contributed by atoms with E-state index in [1.807, 2.05) is 0 Å². The Hall–Kier alpha value is 0.180. The maximum atomic E-state index is 12.2. The van der Waals surface area contributed by atoms with Crippen LogP contribution < -0.4 is 29.6 Å². The van der Waals surface area contributed by atoms with E-state index in [1.165, 1.54) is 0 Å². The van der Waals surface area contributed by atoms with Crippen LogP contribution >= 0.6 is 0 Å². The molecule has 0 aliphatic heterocycles. The zero-order valence-electron chi connectivity index (χ0n) is 13.1. The molecule has 0 radical (unpaired) electrons. The second kappa shape index (κ2) is 10.3. The first kappa shape index (κ1) is 31.9. The average Bonchev–Trinajstić information content (AvgIpc) is 2.36. The summed E-state index contributed by atoms with van der Waals surface area (Å²) in [4.78, 5) is 0. The quantitative estimate of drug-likeness (QED) is 0.201. The molecule has 0 aromatic heterocycles. The molecule has 0 unspecified atom stereocenters. The summed E-state index contributed by atoms with van der Waals surface area (Å²) in [6.07, 6.45) is -3.54. The number of hydrogen-bond donors (Lipinski definition) is 3. The van der Waals surface area contributed by atoms with Gasteiger partial charge in [0.15, 0.2) is 10.1 Å². The van der Waals surface area contributed by atoms with Crippen LogP contribution in [0.5, 0.6) is 0 Å². The van der Waals surface area contributed by atoms with E-state index in [4.69, 9.17) is 14.8 Å². The molecule has 0 saturated carbocycles. The van der Waals surface area contributed by atoms with Crippen LogP contribution in [0.4, 0.5) is 35.1 Å². The molecule has 0 amide bonds. The largest absolute Gasteiger partial charge is 1.00 e. The predicted molar refractivity (Wildman–Crippen MR) is 64.4 cm³/mol. The van der Waals surface area contributed by atoms with Crippen molar-refractivity contribution in [3.05, 3.63) is 0 Å². The third kappa shape index (κ3) is 7.84. The Bertz CT molecular complexity index is 608. The van der Waals surface area contributed by atoms with Crippen LogP contribution in [-0.2, 0) is 20.2 Å². The first-order valence-electron chi connectivity index (χ1n) is 5.78. The van der Waals surface area contributed by atoms with Crippen molar-refractivity contribution >= 4 is 20.2 Å². The van der Waals surface area contributed by atoms with Crippen LogP contribution in [0.25, 0.3) is 0 Å². The number of aliphatic hydroxyl groups excluding tert-OH is 2. The maximum Gasteiger partial charge on any atom is 1.00 e. The van der Waals surface area contributed by atoms with Crippen LogP contribution in [-0.4, -0.2) is 71.7 Å². The van der Waals surface area contributed by atoms with Gasteiger partial charge in [0.1, 0.15) is 0 Å². The van der Waals surface area contributed by atoms with Crippen LogP contribution in [0.2, 0.25) is 0 Å². The monoisotopic (exact) mass is 474 g/mol. The van der Waals surface area contributed by atoms with Gasteiger partial charge in [-0.15, -0.1) is 0 Å². The van der Waals surface area contributed by atoms with E-state index >= 15 is 0 Å². The summed E-state index contributed by atoms with van der Waals surface area (Å²) in [6.45, 7) is -2.67. The molecule has 0 aromatic carbocycles. The Morgan fingerprint density at radius 1 is 0.704 bits per heavy atom. The van der Waals surface area contributed by atoms with Gasteiger partial charge in [0.25, 0.3) is 0 Å². The predicted octanol–water partition coefficient (Wildman–Crippen LogP) is -2.37. The molecular formula is C8H11F8NaO8S2. The molecule has 0 heterocycles. The molecule has 0 fully saturated rings. The average molecular weight is 474 g/mol. The fourth-order valence-electron chi connectivity index (χ4n) is 0.943. The van der Waals surface area contributed by atoms with Gasteiger partial charge < -0.3 is 14.8 Å². The number of rotatable bonds is 8. The summed E-state index contributed by atoms with van der Waals surface area (Å²) in [5.74, 6) is -10.0. The molecule has 3 N–H and O–H groups in total. The summed E-state index contributed by atoms with van der Waals surface area (Å²) < 4.78 is 154. The Balaban J connectivity index is -0.000000411. The third-order valence-electron chi connectivity index (χ3n) is 2.34. The number of halogens is 8. The Morgan fingerprint density at radius 2 is 0.963 bits per heavy atom. The zero-order valence-corrected chi connectivity index (χ0v) is 16.7. The second-order valence-corrected chi connectivity index (χ2v) is 7.20. The summed E-state index contributed by atoms with van der Waals surface area (Å²) in [5, 5.41) is 4.59. The standard InChI is InChI=1S/2C4H6F4O4S.Na/c2*5-3(6,1-2-9)4(7,8)13(10,11)12;/h2*9H,1-2H2,(H,10,11,12);/q;;+1/p-1. The zero-order chi connectivity index (χ0) is 21.8. The van der Waals surface area contributed by atoms with Crippen molar-refractivity contribution in [3.63, 3.8) is 0 Å². The van der Waals surface area contributed by atoms with Crippen LogP contribution in [0.3, 0.4) is 0 Å². The van der Waals surface area contributed by atoms with E-state index < -0.39 is 68.6 Å². The van der Waals surface area contributed by atoms with Gasteiger partial charge in [-0.25, -0.2) is 8.42 Å². The molecule has 160 valence electrons. The van der Waals surface area contributed by atoms with E-state index in [2.05, 4.69) is 0 Å². The minimum atomic E-state index is -6.43. The molecule has 0 atom stereocenters. The van der Waals surface area contributed by atoms with Gasteiger partial charge >= 0.3 is 62.0 Å². The van der Waals surface area contributed by atoms with Crippen molar-refractivity contribution in [2.45, 2.75) is 35.2 Å². The summed E-state index contributed by atoms with van der Waals surface area (Å²) >= 11 is 0. The maximum absolute atomic E-state index is 12.2. The van der Waals surface area contributed by atoms with E-state index in [1.54, 1.807) is 0 Å². The fraction of sp³-hybridized carbons (Fsp3) is 1.00. The number of hydrogen-bond acceptors (Lipinski definition) is 7. The topological polar surface area (TPSA) is 152 Å². The first-order valence-corrected chi connectivity index (χ1v) is 8.62. The molecule has 0 rings (SSSR count). The van der Waals surface area contributed by atoms with Crippen molar-refractivity contribution in [2.24, 2.45) is 0 Å². The van der Waals surface area contributed by atoms with Crippen molar-refractivity contribution < 1.29 is 101 Å². The molecule has 0 saturated heterocycles. The Labute approximate surface area is 169 Å². The molecule has 0 aliphatic carbocycles. The molecule has 0 bridgehead atoms. The summed E-state index contributed by atoms with van der Waals surface area (Å²) in [5.41, 5.74) is 0. The molecule has 27 heavy (non-hydrogen) atoms. The molecular weight excluding hydrogens is 463 g/mol. The first-order chi connectivity index (χ1) is 11.1. The normalized spacial score (nSPS) is 14.1. The van der Waals surface area contributed by atoms with Gasteiger partial charge in [0.2, 0.25) is 0 Å². The number of alkyl halides is 8. The summed E-state index contributed by atoms with van der Waals surface area (Å²) in [6, 6.07) is 0. The van der Waals surface area contributed by atoms with E-state index in [-0.39, 0.29) is 29.6 Å². The smallest absolute Gasteiger partial charge is 0.743 e. The molecule has 0 aliphatic rings. The Morgan fingerprint density at radius 3 is 1.15 bits per heavy atom. The van der Waals surface area contributed by atoms with E-state index in [0.717, 1.165) is 0 Å². The molecule has 8 nitrogen and oxygen atoms in total. The van der Waals surface area contributed by atoms with Gasteiger partial charge in [-0.3, -0.25) is 4.55 Å². The van der Waals surface area contributed by atoms with Gasteiger partial charge in [0, 0.05) is 26.1 Å². The van der Waals surface area contributed by atoms with Crippen LogP contribution in [0, 0.1) is 0 Å². The van der Waals surface area contributed by atoms with Gasteiger partial charge in [-0.2, -0.15) is 43.5 Å². The van der Waals surface area contributed by atoms with Crippen molar-refractivity contribution in [2.75, 3.05) is 13.2 Å². The summed E-state index contributed by atoms with van der Waals surface area (Å²) in [7, 11) is -12.6. The van der Waals surface area contributed by atoms with E-state index in [0.29, 0.717) is 0 Å². The van der Waals surface area contributed by atoms with Crippen LogP contribution in [0.15, 0.2) is 0 Å². The third-order valence-corrected chi connectivity index (χ3v) is 4.21. The fourth-order valence-corrected chi connectivity index (χ4v) is 1.89. The van der Waals surface area contributed by atoms with Crippen molar-refractivity contribution in [1.82, 2.24) is 0 Å². The molecule has 0 aromatic rings. The molecule has 0 spiro atoms. The van der Waals surface area contributed by atoms with E-state index in [9.17, 15) is 56.5 Å². The molecule has 19 heteroatoms. The second-order valence-electron chi connectivity index (χ2n) is 4.32. The minimum absolute atomic E-state index is 0. The van der Waals surface area contributed by atoms with Gasteiger partial charge in [-0.05, 0) is 0 Å². The van der Waals surface area contributed by atoms with Gasteiger partial charge in [-0.1, -0.05) is 0 Å². The minimum Gasteiger partial charge on any atom is -0.743 e. The Kier molecular flexibility index (Phi) is 12.1. The SMILES string of the molecule is O=S(=O)(O)C(F)(F)C(F)(F)CCO.O=S(=O)([O-])C(F)(F)C(F)(F)CCO.[Na+]. The van der Waals surface area contributed by atoms with Crippen molar-refractivity contribution in [1.29, 1.82) is 0 Å². The van der Waals surface area contributed by atoms with Gasteiger partial charge in [0.05, 0.1) is 0 Å². The van der Waals surface area contributed by atoms with Crippen LogP contribution in [0.1, 0.15) is 12.8 Å². The number of aliphatic hydroxyl groups is 2. The van der Waals surface area contributed by atoms with Crippen molar-refractivity contribution in [3.8, 4) is 0 Å².